The minimum absolute atomic E-state index is 0.0815. The van der Waals surface area contributed by atoms with Crippen LogP contribution in [-0.4, -0.2) is 42.8 Å². The van der Waals surface area contributed by atoms with E-state index in [4.69, 9.17) is 18.7 Å². The van der Waals surface area contributed by atoms with Gasteiger partial charge >= 0.3 is 5.91 Å². The summed E-state index contributed by atoms with van der Waals surface area (Å²) in [6, 6.07) is 12.2. The number of hydrogen-bond donors (Lipinski definition) is 1. The van der Waals surface area contributed by atoms with Crippen molar-refractivity contribution in [3.05, 3.63) is 71.0 Å². The van der Waals surface area contributed by atoms with Gasteiger partial charge in [0.05, 0.1) is 32.4 Å². The Hall–Kier alpha value is -4.27. The Kier molecular flexibility index (Phi) is 6.27. The molecule has 1 aromatic heterocycles. The fraction of sp³-hybridized carbons (Fsp3) is 0.240. The number of hydrogen-bond acceptors (Lipinski definition) is 8. The molecular formula is C25H24N2O7. The maximum atomic E-state index is 13.2. The Morgan fingerprint density at radius 3 is 2.35 bits per heavy atom. The van der Waals surface area contributed by atoms with Crippen LogP contribution in [-0.2, 0) is 9.59 Å². The van der Waals surface area contributed by atoms with Gasteiger partial charge in [-0.05, 0) is 55.8 Å². The number of methoxy groups -OCH3 is 2. The number of ketones is 1. The molecule has 176 valence electrons. The Bertz CT molecular complexity index is 1260. The van der Waals surface area contributed by atoms with E-state index in [-0.39, 0.29) is 17.2 Å². The van der Waals surface area contributed by atoms with Crippen molar-refractivity contribution in [3.8, 4) is 17.2 Å². The predicted molar refractivity (Wildman–Crippen MR) is 123 cm³/mol. The first-order chi connectivity index (χ1) is 16.4. The van der Waals surface area contributed by atoms with Gasteiger partial charge in [-0.3, -0.25) is 14.5 Å². The van der Waals surface area contributed by atoms with E-state index in [1.807, 2.05) is 6.92 Å². The zero-order chi connectivity index (χ0) is 24.4. The van der Waals surface area contributed by atoms with Crippen LogP contribution in [0.2, 0.25) is 0 Å². The molecule has 1 amide bonds. The third kappa shape index (κ3) is 3.96. The van der Waals surface area contributed by atoms with Crippen molar-refractivity contribution in [2.24, 2.45) is 0 Å². The molecule has 1 fully saturated rings. The quantitative estimate of drug-likeness (QED) is 0.317. The number of carbonyl (C=O) groups is 2. The normalized spacial score (nSPS) is 17.2. The lowest BCUT2D eigenvalue weighted by atomic mass is 9.95. The molecule has 0 radical (unpaired) electrons. The number of carbonyl (C=O) groups excluding carboxylic acids is 2. The van der Waals surface area contributed by atoms with E-state index in [9.17, 15) is 14.7 Å². The van der Waals surface area contributed by atoms with Gasteiger partial charge in [0.15, 0.2) is 17.3 Å². The maximum Gasteiger partial charge on any atom is 0.301 e. The number of aliphatic hydroxyl groups excluding tert-OH is 1. The number of ether oxygens (including phenoxy) is 3. The lowest BCUT2D eigenvalue weighted by molar-refractivity contribution is -0.132. The second kappa shape index (κ2) is 9.30. The summed E-state index contributed by atoms with van der Waals surface area (Å²) in [5.74, 6) is 0.139. The molecule has 3 aromatic rings. The van der Waals surface area contributed by atoms with Crippen molar-refractivity contribution in [1.82, 2.24) is 5.16 Å². The Morgan fingerprint density at radius 2 is 1.76 bits per heavy atom. The highest BCUT2D eigenvalue weighted by atomic mass is 16.5. The van der Waals surface area contributed by atoms with Crippen molar-refractivity contribution >= 4 is 23.3 Å². The number of aliphatic hydroxyl groups is 1. The molecule has 1 unspecified atom stereocenters. The van der Waals surface area contributed by atoms with E-state index < -0.39 is 17.7 Å². The van der Waals surface area contributed by atoms with Crippen LogP contribution in [0.4, 0.5) is 5.82 Å². The standard InChI is InChI=1S/C25H24N2O7/c1-5-33-17-9-6-15(7-10-17)23(28)21-22(16-8-11-18(31-3)19(13-16)32-4)27(25(30)24(21)29)20-12-14(2)34-26-20/h6-13,22,28H,5H2,1-4H3. The molecule has 34 heavy (non-hydrogen) atoms. The van der Waals surface area contributed by atoms with Crippen molar-refractivity contribution < 1.29 is 33.4 Å². The van der Waals surface area contributed by atoms with Crippen molar-refractivity contribution in [1.29, 1.82) is 0 Å². The molecule has 9 heteroatoms. The van der Waals surface area contributed by atoms with Gasteiger partial charge in [-0.2, -0.15) is 0 Å². The van der Waals surface area contributed by atoms with E-state index >= 15 is 0 Å². The van der Waals surface area contributed by atoms with Crippen LogP contribution in [0.1, 0.15) is 29.9 Å². The van der Waals surface area contributed by atoms with Crippen LogP contribution in [0.15, 0.2) is 58.6 Å². The van der Waals surface area contributed by atoms with Crippen LogP contribution >= 0.6 is 0 Å². The zero-order valence-corrected chi connectivity index (χ0v) is 19.2. The molecule has 2 aromatic carbocycles. The average Bonchev–Trinajstić information content (AvgIpc) is 3.39. The van der Waals surface area contributed by atoms with Crippen molar-refractivity contribution in [2.45, 2.75) is 19.9 Å². The van der Waals surface area contributed by atoms with Crippen LogP contribution in [0.3, 0.4) is 0 Å². The van der Waals surface area contributed by atoms with Gasteiger partial charge < -0.3 is 23.8 Å². The Labute approximate surface area is 196 Å². The zero-order valence-electron chi connectivity index (χ0n) is 19.2. The van der Waals surface area contributed by atoms with Crippen LogP contribution < -0.4 is 19.1 Å². The van der Waals surface area contributed by atoms with E-state index in [1.165, 1.54) is 19.1 Å². The van der Waals surface area contributed by atoms with Crippen LogP contribution in [0.5, 0.6) is 17.2 Å². The monoisotopic (exact) mass is 464 g/mol. The first-order valence-electron chi connectivity index (χ1n) is 10.6. The summed E-state index contributed by atoms with van der Waals surface area (Å²) in [6.07, 6.45) is 0. The second-order valence-electron chi connectivity index (χ2n) is 7.54. The van der Waals surface area contributed by atoms with E-state index in [0.29, 0.717) is 40.7 Å². The smallest absolute Gasteiger partial charge is 0.301 e. The SMILES string of the molecule is CCOc1ccc(C(O)=C2C(=O)C(=O)N(c3cc(C)on3)C2c2ccc(OC)c(OC)c2)cc1. The van der Waals surface area contributed by atoms with Crippen molar-refractivity contribution in [2.75, 3.05) is 25.7 Å². The van der Waals surface area contributed by atoms with Gasteiger partial charge in [0.2, 0.25) is 0 Å². The fourth-order valence-electron chi connectivity index (χ4n) is 3.91. The summed E-state index contributed by atoms with van der Waals surface area (Å²) in [6.45, 7) is 4.04. The molecule has 4 rings (SSSR count). The minimum Gasteiger partial charge on any atom is -0.507 e. The molecule has 1 atom stereocenters. The third-order valence-corrected chi connectivity index (χ3v) is 5.47. The van der Waals surface area contributed by atoms with Crippen LogP contribution in [0.25, 0.3) is 5.76 Å². The highest BCUT2D eigenvalue weighted by Gasteiger charge is 2.48. The second-order valence-corrected chi connectivity index (χ2v) is 7.54. The number of Topliss-reactive ketones (excluding diaryl/α,β-unsaturated/α-hetero) is 1. The van der Waals surface area contributed by atoms with Gasteiger partial charge in [-0.25, -0.2) is 0 Å². The largest absolute Gasteiger partial charge is 0.507 e. The van der Waals surface area contributed by atoms with Gasteiger partial charge in [-0.1, -0.05) is 11.2 Å². The predicted octanol–water partition coefficient (Wildman–Crippen LogP) is 4.03. The number of anilines is 1. The minimum atomic E-state index is -0.976. The van der Waals surface area contributed by atoms with Crippen LogP contribution in [0, 0.1) is 6.92 Å². The Morgan fingerprint density at radius 1 is 1.06 bits per heavy atom. The molecular weight excluding hydrogens is 440 g/mol. The lowest BCUT2D eigenvalue weighted by Crippen LogP contribution is -2.29. The number of benzene rings is 2. The van der Waals surface area contributed by atoms with E-state index in [2.05, 4.69) is 5.16 Å². The molecule has 0 spiro atoms. The Balaban J connectivity index is 1.91. The third-order valence-electron chi connectivity index (χ3n) is 5.47. The fourth-order valence-corrected chi connectivity index (χ4v) is 3.91. The van der Waals surface area contributed by atoms with Gasteiger partial charge in [-0.15, -0.1) is 0 Å². The topological polar surface area (TPSA) is 111 Å². The molecule has 2 heterocycles. The van der Waals surface area contributed by atoms with Gasteiger partial charge in [0, 0.05) is 11.6 Å². The summed E-state index contributed by atoms with van der Waals surface area (Å²) < 4.78 is 21.3. The highest BCUT2D eigenvalue weighted by molar-refractivity contribution is 6.51. The first-order valence-corrected chi connectivity index (χ1v) is 10.6. The summed E-state index contributed by atoms with van der Waals surface area (Å²) in [7, 11) is 2.99. The molecule has 9 nitrogen and oxygen atoms in total. The maximum absolute atomic E-state index is 13.2. The molecule has 0 bridgehead atoms. The lowest BCUT2D eigenvalue weighted by Gasteiger charge is -2.23. The number of nitrogens with zero attached hydrogens (tertiary/aromatic N) is 2. The molecule has 0 aliphatic carbocycles. The number of aromatic nitrogens is 1. The number of amides is 1. The molecule has 0 saturated carbocycles. The summed E-state index contributed by atoms with van der Waals surface area (Å²) in [4.78, 5) is 27.5. The van der Waals surface area contributed by atoms with Crippen molar-refractivity contribution in [3.63, 3.8) is 0 Å². The molecule has 1 saturated heterocycles. The molecule has 1 aliphatic heterocycles. The first kappa shape index (κ1) is 22.9. The number of rotatable bonds is 7. The molecule has 1 N–H and O–H groups in total. The average molecular weight is 464 g/mol. The summed E-state index contributed by atoms with van der Waals surface area (Å²) in [5, 5.41) is 15.1. The van der Waals surface area contributed by atoms with E-state index in [1.54, 1.807) is 55.5 Å². The van der Waals surface area contributed by atoms with E-state index in [0.717, 1.165) is 0 Å². The summed E-state index contributed by atoms with van der Waals surface area (Å²) >= 11 is 0. The molecule has 1 aliphatic rings. The van der Waals surface area contributed by atoms with Gasteiger partial charge in [0.1, 0.15) is 17.3 Å². The van der Waals surface area contributed by atoms with Gasteiger partial charge in [0.25, 0.3) is 5.78 Å². The summed E-state index contributed by atoms with van der Waals surface area (Å²) in [5.41, 5.74) is 0.801. The highest BCUT2D eigenvalue weighted by Crippen LogP contribution is 2.44. The number of aryl methyl sites for hydroxylation is 1.